The normalized spacial score (nSPS) is 14.0. The van der Waals surface area contributed by atoms with Crippen LogP contribution in [0.2, 0.25) is 5.02 Å². The number of nitrogens with one attached hydrogen (secondary N) is 2. The van der Waals surface area contributed by atoms with Crippen LogP contribution in [0.25, 0.3) is 6.08 Å². The molecule has 1 aromatic heterocycles. The fourth-order valence-electron chi connectivity index (χ4n) is 3.20. The van der Waals surface area contributed by atoms with Gasteiger partial charge in [-0.1, -0.05) is 29.8 Å². The van der Waals surface area contributed by atoms with Crippen LogP contribution < -0.4 is 15.4 Å². The van der Waals surface area contributed by atoms with E-state index in [4.69, 9.17) is 16.3 Å². The molecule has 2 N–H and O–H groups in total. The van der Waals surface area contributed by atoms with E-state index < -0.39 is 11.7 Å². The largest absolute Gasteiger partial charge is 0.481 e. The number of benzene rings is 2. The lowest BCUT2D eigenvalue weighted by Crippen LogP contribution is -2.28. The summed E-state index contributed by atoms with van der Waals surface area (Å²) in [6.45, 7) is 0.263. The maximum atomic E-state index is 13.0. The van der Waals surface area contributed by atoms with Crippen LogP contribution in [0.15, 0.2) is 66.4 Å². The van der Waals surface area contributed by atoms with Gasteiger partial charge in [0.1, 0.15) is 0 Å². The summed E-state index contributed by atoms with van der Waals surface area (Å²) in [6.07, 6.45) is 3.11. The number of carbonyl (C=O) groups is 3. The molecule has 2 amide bonds. The Labute approximate surface area is 189 Å². The van der Waals surface area contributed by atoms with E-state index in [9.17, 15) is 14.4 Å². The fraction of sp³-hybridized carbons (Fsp3) is 0.0833. The molecule has 4 rings (SSSR count). The van der Waals surface area contributed by atoms with E-state index in [-0.39, 0.29) is 23.6 Å². The molecule has 0 saturated heterocycles. The maximum Gasteiger partial charge on any atom is 0.259 e. The van der Waals surface area contributed by atoms with Gasteiger partial charge in [-0.15, -0.1) is 0 Å². The van der Waals surface area contributed by atoms with Gasteiger partial charge in [0.2, 0.25) is 11.7 Å². The van der Waals surface area contributed by atoms with Crippen molar-refractivity contribution in [3.05, 3.63) is 93.6 Å². The Kier molecular flexibility index (Phi) is 6.00. The quantitative estimate of drug-likeness (QED) is 0.456. The number of nitrogens with zero attached hydrogens (tertiary/aromatic N) is 1. The smallest absolute Gasteiger partial charge is 0.259 e. The van der Waals surface area contributed by atoms with Crippen molar-refractivity contribution in [1.82, 2.24) is 10.3 Å². The molecule has 1 aliphatic rings. The van der Waals surface area contributed by atoms with Gasteiger partial charge in [0.05, 0.1) is 18.4 Å². The topological polar surface area (TPSA) is 97.4 Å². The summed E-state index contributed by atoms with van der Waals surface area (Å²) in [6, 6.07) is 14.9. The molecule has 160 valence electrons. The van der Waals surface area contributed by atoms with E-state index >= 15 is 0 Å². The molecular weight excluding hydrogens is 430 g/mol. The summed E-state index contributed by atoms with van der Waals surface area (Å²) in [7, 11) is 1.53. The Hall–Kier alpha value is -3.97. The molecule has 0 unspecified atom stereocenters. The van der Waals surface area contributed by atoms with Gasteiger partial charge in [0, 0.05) is 35.0 Å². The highest BCUT2D eigenvalue weighted by Crippen LogP contribution is 2.28. The molecule has 0 saturated carbocycles. The highest BCUT2D eigenvalue weighted by molar-refractivity contribution is 6.36. The molecule has 3 aromatic rings. The maximum absolute atomic E-state index is 13.0. The van der Waals surface area contributed by atoms with Gasteiger partial charge < -0.3 is 15.4 Å². The third-order valence-electron chi connectivity index (χ3n) is 4.90. The minimum atomic E-state index is -0.498. The zero-order valence-electron chi connectivity index (χ0n) is 17.0. The van der Waals surface area contributed by atoms with Crippen LogP contribution in [0, 0.1) is 0 Å². The minimum Gasteiger partial charge on any atom is -0.481 e. The Bertz CT molecular complexity index is 1240. The summed E-state index contributed by atoms with van der Waals surface area (Å²) in [5.74, 6) is -0.816. The Morgan fingerprint density at radius 3 is 2.59 bits per heavy atom. The number of Topliss-reactive ketones (excluding diaryl/α,β-unsaturated/α-hetero) is 1. The van der Waals surface area contributed by atoms with E-state index in [1.165, 1.54) is 19.3 Å². The molecule has 0 bridgehead atoms. The van der Waals surface area contributed by atoms with Crippen LogP contribution in [0.5, 0.6) is 5.88 Å². The summed E-state index contributed by atoms with van der Waals surface area (Å²) in [5.41, 5.74) is 2.38. The molecule has 7 nitrogen and oxygen atoms in total. The molecule has 1 aliphatic heterocycles. The lowest BCUT2D eigenvalue weighted by atomic mass is 9.93. The molecule has 0 radical (unpaired) electrons. The van der Waals surface area contributed by atoms with Crippen molar-refractivity contribution in [2.45, 2.75) is 6.54 Å². The van der Waals surface area contributed by atoms with Crippen LogP contribution in [-0.2, 0) is 11.3 Å². The number of hydrogen-bond donors (Lipinski definition) is 2. The zero-order chi connectivity index (χ0) is 22.7. The second-order valence-electron chi connectivity index (χ2n) is 7.04. The second kappa shape index (κ2) is 9.03. The van der Waals surface area contributed by atoms with E-state index in [1.54, 1.807) is 54.7 Å². The van der Waals surface area contributed by atoms with Gasteiger partial charge in [-0.2, -0.15) is 0 Å². The summed E-state index contributed by atoms with van der Waals surface area (Å²) in [4.78, 5) is 42.2. The molecule has 0 spiro atoms. The number of ketones is 1. The molecule has 8 heteroatoms. The number of rotatable bonds is 5. The number of hydrogen-bond acceptors (Lipinski definition) is 5. The van der Waals surface area contributed by atoms with Gasteiger partial charge in [-0.05, 0) is 47.5 Å². The summed E-state index contributed by atoms with van der Waals surface area (Å²) < 4.78 is 5.02. The van der Waals surface area contributed by atoms with Crippen LogP contribution in [0.1, 0.15) is 31.8 Å². The van der Waals surface area contributed by atoms with Crippen LogP contribution in [-0.4, -0.2) is 29.7 Å². The average Bonchev–Trinajstić information content (AvgIpc) is 2.81. The fourth-order valence-corrected chi connectivity index (χ4v) is 3.32. The predicted molar refractivity (Wildman–Crippen MR) is 121 cm³/mol. The minimum absolute atomic E-state index is 0.0123. The highest BCUT2D eigenvalue weighted by Gasteiger charge is 2.29. The van der Waals surface area contributed by atoms with Crippen molar-refractivity contribution in [3.8, 4) is 5.88 Å². The first-order valence-electron chi connectivity index (χ1n) is 9.69. The number of aromatic nitrogens is 1. The third-order valence-corrected chi connectivity index (χ3v) is 5.16. The molecule has 32 heavy (non-hydrogen) atoms. The van der Waals surface area contributed by atoms with Crippen molar-refractivity contribution in [2.75, 3.05) is 12.4 Å². The number of methoxy groups -OCH3 is 1. The molecule has 2 aromatic carbocycles. The number of halogens is 1. The molecule has 0 atom stereocenters. The van der Waals surface area contributed by atoms with E-state index in [0.29, 0.717) is 27.7 Å². The average molecular weight is 448 g/mol. The second-order valence-corrected chi connectivity index (χ2v) is 7.48. The van der Waals surface area contributed by atoms with Crippen molar-refractivity contribution >= 4 is 41.0 Å². The van der Waals surface area contributed by atoms with Gasteiger partial charge in [0.15, 0.2) is 0 Å². The van der Waals surface area contributed by atoms with Crippen molar-refractivity contribution in [3.63, 3.8) is 0 Å². The standard InChI is InChI=1S/C24H18ClN3O4/c1-32-21-9-4-15(12-26-21)13-27-23(30)16-5-8-20-18(11-16)22(29)19(24(31)28-20)10-14-2-6-17(25)7-3-14/h2-12H,13H2,1H3,(H,27,30)(H,28,31)/b19-10-. The number of ether oxygens (including phenoxy) is 1. The van der Waals surface area contributed by atoms with Crippen molar-refractivity contribution in [1.29, 1.82) is 0 Å². The van der Waals surface area contributed by atoms with E-state index in [0.717, 1.165) is 5.56 Å². The highest BCUT2D eigenvalue weighted by atomic mass is 35.5. The number of carbonyl (C=O) groups excluding carboxylic acids is 3. The van der Waals surface area contributed by atoms with Crippen LogP contribution >= 0.6 is 11.6 Å². The molecular formula is C24H18ClN3O4. The van der Waals surface area contributed by atoms with Gasteiger partial charge in [-0.3, -0.25) is 14.4 Å². The molecule has 0 aliphatic carbocycles. The number of anilines is 1. The van der Waals surface area contributed by atoms with Crippen LogP contribution in [0.4, 0.5) is 5.69 Å². The summed E-state index contributed by atoms with van der Waals surface area (Å²) in [5, 5.41) is 6.05. The van der Waals surface area contributed by atoms with Gasteiger partial charge >= 0.3 is 0 Å². The first-order valence-corrected chi connectivity index (χ1v) is 10.1. The number of fused-ring (bicyclic) bond motifs is 1. The lowest BCUT2D eigenvalue weighted by Gasteiger charge is -2.19. The lowest BCUT2D eigenvalue weighted by molar-refractivity contribution is -0.112. The van der Waals surface area contributed by atoms with Crippen LogP contribution in [0.3, 0.4) is 0 Å². The Morgan fingerprint density at radius 2 is 1.91 bits per heavy atom. The Balaban J connectivity index is 1.53. The number of pyridine rings is 1. The zero-order valence-corrected chi connectivity index (χ0v) is 17.8. The predicted octanol–water partition coefficient (Wildman–Crippen LogP) is 3.89. The summed E-state index contributed by atoms with van der Waals surface area (Å²) >= 11 is 5.89. The monoisotopic (exact) mass is 447 g/mol. The first kappa shape index (κ1) is 21.3. The molecule has 0 fully saturated rings. The van der Waals surface area contributed by atoms with Crippen molar-refractivity contribution in [2.24, 2.45) is 0 Å². The first-order chi connectivity index (χ1) is 15.4. The Morgan fingerprint density at radius 1 is 1.12 bits per heavy atom. The van der Waals surface area contributed by atoms with Crippen molar-refractivity contribution < 1.29 is 19.1 Å². The number of amides is 2. The molecule has 2 heterocycles. The SMILES string of the molecule is COc1ccc(CNC(=O)c2ccc3c(c2)C(=O)/C(=C/c2ccc(Cl)cc2)C(=O)N3)cn1. The van der Waals surface area contributed by atoms with E-state index in [2.05, 4.69) is 15.6 Å². The third kappa shape index (κ3) is 4.53. The van der Waals surface area contributed by atoms with Gasteiger partial charge in [0.25, 0.3) is 11.8 Å². The van der Waals surface area contributed by atoms with E-state index in [1.807, 2.05) is 0 Å². The van der Waals surface area contributed by atoms with Gasteiger partial charge in [-0.25, -0.2) is 4.98 Å².